The fourth-order valence-corrected chi connectivity index (χ4v) is 1.73. The number of carbonyl (C=O) groups is 1. The average molecular weight is 250 g/mol. The van der Waals surface area contributed by atoms with Crippen LogP contribution in [-0.4, -0.2) is 23.6 Å². The van der Waals surface area contributed by atoms with Gasteiger partial charge in [-0.2, -0.15) is 0 Å². The molecule has 1 rings (SSSR count). The molecular formula is C14H22N2O2. The van der Waals surface area contributed by atoms with Gasteiger partial charge in [-0.3, -0.25) is 4.79 Å². The normalized spacial score (nSPS) is 14.0. The van der Waals surface area contributed by atoms with Gasteiger partial charge in [0.05, 0.1) is 6.10 Å². The van der Waals surface area contributed by atoms with E-state index in [2.05, 4.69) is 5.32 Å². The molecule has 0 fully saturated rings. The summed E-state index contributed by atoms with van der Waals surface area (Å²) in [7, 11) is 0. The molecule has 4 nitrogen and oxygen atoms in total. The number of hydrogen-bond donors (Lipinski definition) is 3. The number of benzene rings is 1. The van der Waals surface area contributed by atoms with Crippen molar-refractivity contribution >= 4 is 5.91 Å². The number of hydrogen-bond acceptors (Lipinski definition) is 3. The van der Waals surface area contributed by atoms with Crippen LogP contribution in [0.2, 0.25) is 0 Å². The number of aliphatic hydroxyl groups is 1. The van der Waals surface area contributed by atoms with E-state index in [1.165, 1.54) is 0 Å². The maximum atomic E-state index is 11.5. The molecule has 0 saturated heterocycles. The summed E-state index contributed by atoms with van der Waals surface area (Å²) in [5.74, 6) is -0.0695. The zero-order valence-electron chi connectivity index (χ0n) is 11.0. The molecule has 2 atom stereocenters. The van der Waals surface area contributed by atoms with Crippen molar-refractivity contribution in [3.8, 4) is 0 Å². The molecule has 0 aliphatic heterocycles. The molecule has 0 heterocycles. The zero-order valence-corrected chi connectivity index (χ0v) is 11.0. The van der Waals surface area contributed by atoms with E-state index >= 15 is 0 Å². The van der Waals surface area contributed by atoms with E-state index in [-0.39, 0.29) is 18.5 Å². The molecule has 4 heteroatoms. The summed E-state index contributed by atoms with van der Waals surface area (Å²) in [5.41, 5.74) is 7.45. The van der Waals surface area contributed by atoms with E-state index in [4.69, 9.17) is 5.73 Å². The quantitative estimate of drug-likeness (QED) is 0.711. The van der Waals surface area contributed by atoms with Crippen molar-refractivity contribution in [1.82, 2.24) is 5.32 Å². The van der Waals surface area contributed by atoms with E-state index in [9.17, 15) is 9.90 Å². The first-order chi connectivity index (χ1) is 8.50. The van der Waals surface area contributed by atoms with Crippen molar-refractivity contribution in [2.75, 3.05) is 6.54 Å². The number of carbonyl (C=O) groups excluding carboxylic acids is 1. The van der Waals surface area contributed by atoms with E-state index in [1.54, 1.807) is 0 Å². The standard InChI is InChI=1S/C14H22N2O2/c1-10-5-3-4-6-12(10)13(17)9-16-14(18)8-7-11(2)15/h3-6,11,13,17H,7-9,15H2,1-2H3,(H,16,18). The third-order valence-electron chi connectivity index (χ3n) is 2.87. The van der Waals surface area contributed by atoms with E-state index < -0.39 is 6.10 Å². The number of amides is 1. The summed E-state index contributed by atoms with van der Waals surface area (Å²) in [5, 5.41) is 12.7. The van der Waals surface area contributed by atoms with Gasteiger partial charge >= 0.3 is 0 Å². The summed E-state index contributed by atoms with van der Waals surface area (Å²) < 4.78 is 0. The van der Waals surface area contributed by atoms with Crippen LogP contribution < -0.4 is 11.1 Å². The number of aryl methyl sites for hydroxylation is 1. The molecule has 0 bridgehead atoms. The van der Waals surface area contributed by atoms with Crippen LogP contribution in [0.5, 0.6) is 0 Å². The van der Waals surface area contributed by atoms with Crippen LogP contribution in [0.15, 0.2) is 24.3 Å². The van der Waals surface area contributed by atoms with Gasteiger partial charge in [0, 0.05) is 19.0 Å². The lowest BCUT2D eigenvalue weighted by molar-refractivity contribution is -0.121. The van der Waals surface area contributed by atoms with Gasteiger partial charge in [0.2, 0.25) is 5.91 Å². The Morgan fingerprint density at radius 2 is 2.11 bits per heavy atom. The predicted octanol–water partition coefficient (Wildman–Crippen LogP) is 1.27. The second-order valence-electron chi connectivity index (χ2n) is 4.69. The van der Waals surface area contributed by atoms with Crippen molar-refractivity contribution in [1.29, 1.82) is 0 Å². The predicted molar refractivity (Wildman–Crippen MR) is 72.0 cm³/mol. The summed E-state index contributed by atoms with van der Waals surface area (Å²) in [4.78, 5) is 11.5. The van der Waals surface area contributed by atoms with Crippen molar-refractivity contribution in [3.63, 3.8) is 0 Å². The molecule has 1 aromatic rings. The monoisotopic (exact) mass is 250 g/mol. The Balaban J connectivity index is 2.39. The van der Waals surface area contributed by atoms with Crippen LogP contribution in [0, 0.1) is 6.92 Å². The minimum Gasteiger partial charge on any atom is -0.387 e. The van der Waals surface area contributed by atoms with E-state index in [1.807, 2.05) is 38.1 Å². The number of nitrogens with two attached hydrogens (primary N) is 1. The second kappa shape index (κ2) is 7.13. The van der Waals surface area contributed by atoms with Crippen LogP contribution >= 0.6 is 0 Å². The maximum absolute atomic E-state index is 11.5. The van der Waals surface area contributed by atoms with Crippen LogP contribution in [0.25, 0.3) is 0 Å². The summed E-state index contributed by atoms with van der Waals surface area (Å²) in [6.07, 6.45) is 0.398. The molecule has 1 amide bonds. The van der Waals surface area contributed by atoms with E-state index in [0.29, 0.717) is 12.8 Å². The highest BCUT2D eigenvalue weighted by atomic mass is 16.3. The van der Waals surface area contributed by atoms with Gasteiger partial charge in [-0.05, 0) is 31.4 Å². The Morgan fingerprint density at radius 3 is 2.72 bits per heavy atom. The van der Waals surface area contributed by atoms with Crippen LogP contribution in [0.1, 0.15) is 37.0 Å². The van der Waals surface area contributed by atoms with Gasteiger partial charge in [0.25, 0.3) is 0 Å². The molecule has 0 saturated carbocycles. The Labute approximate surface area is 108 Å². The van der Waals surface area contributed by atoms with Crippen LogP contribution in [0.4, 0.5) is 0 Å². The molecule has 0 aliphatic rings. The Hall–Kier alpha value is -1.39. The minimum atomic E-state index is -0.662. The van der Waals surface area contributed by atoms with Gasteiger partial charge in [0.15, 0.2) is 0 Å². The Morgan fingerprint density at radius 1 is 1.44 bits per heavy atom. The highest BCUT2D eigenvalue weighted by Crippen LogP contribution is 2.16. The third-order valence-corrected chi connectivity index (χ3v) is 2.87. The molecule has 1 aromatic carbocycles. The summed E-state index contributed by atoms with van der Waals surface area (Å²) in [6, 6.07) is 7.64. The second-order valence-corrected chi connectivity index (χ2v) is 4.69. The zero-order chi connectivity index (χ0) is 13.5. The lowest BCUT2D eigenvalue weighted by atomic mass is 10.0. The smallest absolute Gasteiger partial charge is 0.220 e. The lowest BCUT2D eigenvalue weighted by Gasteiger charge is -2.14. The van der Waals surface area contributed by atoms with Crippen molar-refractivity contribution in [2.24, 2.45) is 5.73 Å². The molecule has 2 unspecified atom stereocenters. The fraction of sp³-hybridized carbons (Fsp3) is 0.500. The number of nitrogens with one attached hydrogen (secondary N) is 1. The minimum absolute atomic E-state index is 0.0250. The molecule has 0 aliphatic carbocycles. The fourth-order valence-electron chi connectivity index (χ4n) is 1.73. The third kappa shape index (κ3) is 4.85. The first-order valence-electron chi connectivity index (χ1n) is 6.26. The van der Waals surface area contributed by atoms with Gasteiger partial charge < -0.3 is 16.2 Å². The molecule has 0 aromatic heterocycles. The molecule has 0 radical (unpaired) electrons. The lowest BCUT2D eigenvalue weighted by Crippen LogP contribution is -2.29. The van der Waals surface area contributed by atoms with Crippen LogP contribution in [-0.2, 0) is 4.79 Å². The molecule has 0 spiro atoms. The number of aliphatic hydroxyl groups excluding tert-OH is 1. The molecule has 100 valence electrons. The summed E-state index contributed by atoms with van der Waals surface area (Å²) >= 11 is 0. The first kappa shape index (κ1) is 14.7. The average Bonchev–Trinajstić information content (AvgIpc) is 2.34. The van der Waals surface area contributed by atoms with E-state index in [0.717, 1.165) is 11.1 Å². The van der Waals surface area contributed by atoms with Gasteiger partial charge in [-0.25, -0.2) is 0 Å². The SMILES string of the molecule is Cc1ccccc1C(O)CNC(=O)CCC(C)N. The molecule has 18 heavy (non-hydrogen) atoms. The molecule has 4 N–H and O–H groups in total. The van der Waals surface area contributed by atoms with Gasteiger partial charge in [-0.15, -0.1) is 0 Å². The molecular weight excluding hydrogens is 228 g/mol. The number of rotatable bonds is 6. The van der Waals surface area contributed by atoms with Crippen LogP contribution in [0.3, 0.4) is 0 Å². The van der Waals surface area contributed by atoms with Crippen molar-refractivity contribution < 1.29 is 9.90 Å². The Bertz CT molecular complexity index is 391. The first-order valence-corrected chi connectivity index (χ1v) is 6.26. The maximum Gasteiger partial charge on any atom is 0.220 e. The van der Waals surface area contributed by atoms with Crippen molar-refractivity contribution in [3.05, 3.63) is 35.4 Å². The summed E-state index contributed by atoms with van der Waals surface area (Å²) in [6.45, 7) is 4.05. The van der Waals surface area contributed by atoms with Crippen molar-refractivity contribution in [2.45, 2.75) is 38.8 Å². The largest absolute Gasteiger partial charge is 0.387 e. The highest BCUT2D eigenvalue weighted by Gasteiger charge is 2.11. The highest BCUT2D eigenvalue weighted by molar-refractivity contribution is 5.75. The topological polar surface area (TPSA) is 75.3 Å². The Kier molecular flexibility index (Phi) is 5.82. The van der Waals surface area contributed by atoms with Gasteiger partial charge in [-0.1, -0.05) is 24.3 Å². The van der Waals surface area contributed by atoms with Gasteiger partial charge in [0.1, 0.15) is 0 Å².